The van der Waals surface area contributed by atoms with Crippen molar-refractivity contribution in [3.05, 3.63) is 35.7 Å². The first-order valence-corrected chi connectivity index (χ1v) is 7.90. The van der Waals surface area contributed by atoms with E-state index in [0.29, 0.717) is 16.4 Å². The summed E-state index contributed by atoms with van der Waals surface area (Å²) in [6.45, 7) is 5.53. The highest BCUT2D eigenvalue weighted by molar-refractivity contribution is 7.99. The van der Waals surface area contributed by atoms with Gasteiger partial charge in [0.05, 0.1) is 5.75 Å². The number of ketones is 1. The van der Waals surface area contributed by atoms with Gasteiger partial charge in [-0.1, -0.05) is 37.7 Å². The molecule has 7 heteroatoms. The largest absolute Gasteiger partial charge is 0.325 e. The number of aromatic amines is 1. The second-order valence-electron chi connectivity index (χ2n) is 5.13. The monoisotopic (exact) mass is 318 g/mol. The molecular weight excluding hydrogens is 300 g/mol. The molecule has 0 aliphatic rings. The molecule has 22 heavy (non-hydrogen) atoms. The highest BCUT2D eigenvalue weighted by Gasteiger charge is 2.10. The predicted octanol–water partition coefficient (Wildman–Crippen LogP) is 2.86. The van der Waals surface area contributed by atoms with Crippen LogP contribution in [0.5, 0.6) is 0 Å². The number of carbonyl (C=O) groups excluding carboxylic acids is 2. The number of aromatic nitrogens is 3. The molecule has 0 saturated heterocycles. The number of carbonyl (C=O) groups is 2. The highest BCUT2D eigenvalue weighted by atomic mass is 32.2. The van der Waals surface area contributed by atoms with Gasteiger partial charge >= 0.3 is 0 Å². The minimum Gasteiger partial charge on any atom is -0.325 e. The van der Waals surface area contributed by atoms with Gasteiger partial charge in [-0.25, -0.2) is 4.98 Å². The second kappa shape index (κ2) is 7.22. The molecule has 1 aromatic heterocycles. The summed E-state index contributed by atoms with van der Waals surface area (Å²) in [6, 6.07) is 6.87. The maximum absolute atomic E-state index is 11.9. The molecular formula is C15H18N4O2S. The lowest BCUT2D eigenvalue weighted by molar-refractivity contribution is -0.113. The zero-order chi connectivity index (χ0) is 16.1. The summed E-state index contributed by atoms with van der Waals surface area (Å²) in [5.74, 6) is 1.08. The molecule has 0 saturated carbocycles. The molecule has 0 radical (unpaired) electrons. The number of benzene rings is 1. The molecule has 0 aliphatic carbocycles. The molecule has 2 aromatic rings. The number of nitrogens with one attached hydrogen (secondary N) is 2. The second-order valence-corrected chi connectivity index (χ2v) is 6.07. The number of Topliss-reactive ketones (excluding diaryl/α,β-unsaturated/α-hetero) is 1. The molecule has 0 aliphatic heterocycles. The van der Waals surface area contributed by atoms with Gasteiger partial charge in [-0.3, -0.25) is 14.7 Å². The predicted molar refractivity (Wildman–Crippen MR) is 86.3 cm³/mol. The van der Waals surface area contributed by atoms with Gasteiger partial charge in [-0.2, -0.15) is 0 Å². The maximum atomic E-state index is 11.9. The normalized spacial score (nSPS) is 10.7. The summed E-state index contributed by atoms with van der Waals surface area (Å²) in [6.07, 6.45) is 0. The number of hydrogen-bond acceptors (Lipinski definition) is 5. The zero-order valence-corrected chi connectivity index (χ0v) is 13.5. The van der Waals surface area contributed by atoms with Crippen LogP contribution in [0.3, 0.4) is 0 Å². The number of anilines is 1. The lowest BCUT2D eigenvalue weighted by atomic mass is 10.1. The smallest absolute Gasteiger partial charge is 0.234 e. The average Bonchev–Trinajstić information content (AvgIpc) is 2.94. The van der Waals surface area contributed by atoms with Gasteiger partial charge in [0.1, 0.15) is 5.82 Å². The third-order valence-corrected chi connectivity index (χ3v) is 3.76. The summed E-state index contributed by atoms with van der Waals surface area (Å²) in [4.78, 5) is 27.5. The Hall–Kier alpha value is -2.15. The van der Waals surface area contributed by atoms with E-state index in [1.165, 1.54) is 18.7 Å². The van der Waals surface area contributed by atoms with Crippen molar-refractivity contribution < 1.29 is 9.59 Å². The molecule has 1 amide bonds. The van der Waals surface area contributed by atoms with Gasteiger partial charge in [0.2, 0.25) is 11.1 Å². The lowest BCUT2D eigenvalue weighted by Gasteiger charge is -2.05. The van der Waals surface area contributed by atoms with Gasteiger partial charge < -0.3 is 5.32 Å². The van der Waals surface area contributed by atoms with Crippen LogP contribution in [0, 0.1) is 0 Å². The average molecular weight is 318 g/mol. The van der Waals surface area contributed by atoms with Crippen molar-refractivity contribution in [2.24, 2.45) is 0 Å². The van der Waals surface area contributed by atoms with Gasteiger partial charge in [0, 0.05) is 17.2 Å². The Labute approximate surface area is 133 Å². The third kappa shape index (κ3) is 4.42. The summed E-state index contributed by atoms with van der Waals surface area (Å²) in [5, 5.41) is 10.2. The van der Waals surface area contributed by atoms with E-state index in [1.807, 2.05) is 13.8 Å². The Kier molecular flexibility index (Phi) is 5.32. The number of nitrogens with zero attached hydrogens (tertiary/aromatic N) is 2. The number of hydrogen-bond donors (Lipinski definition) is 2. The topological polar surface area (TPSA) is 87.7 Å². The first-order chi connectivity index (χ1) is 10.5. The summed E-state index contributed by atoms with van der Waals surface area (Å²) >= 11 is 1.26. The van der Waals surface area contributed by atoms with Crippen LogP contribution in [0.1, 0.15) is 42.9 Å². The van der Waals surface area contributed by atoms with E-state index in [0.717, 1.165) is 5.82 Å². The molecule has 6 nitrogen and oxygen atoms in total. The molecule has 2 N–H and O–H groups in total. The SMILES string of the molecule is CC(=O)c1cccc(NC(=O)CSc2n[nH]c(C(C)C)n2)c1. The van der Waals surface area contributed by atoms with Crippen LogP contribution < -0.4 is 5.32 Å². The highest BCUT2D eigenvalue weighted by Crippen LogP contribution is 2.17. The summed E-state index contributed by atoms with van der Waals surface area (Å²) in [7, 11) is 0. The van der Waals surface area contributed by atoms with Crippen LogP contribution in [-0.2, 0) is 4.79 Å². The Morgan fingerprint density at radius 2 is 2.14 bits per heavy atom. The molecule has 116 valence electrons. The van der Waals surface area contributed by atoms with Gasteiger partial charge in [0.25, 0.3) is 0 Å². The summed E-state index contributed by atoms with van der Waals surface area (Å²) in [5.41, 5.74) is 1.18. The molecule has 2 rings (SSSR count). The van der Waals surface area contributed by atoms with E-state index in [1.54, 1.807) is 24.3 Å². The minimum atomic E-state index is -0.165. The van der Waals surface area contributed by atoms with Crippen molar-refractivity contribution in [1.82, 2.24) is 15.2 Å². The Morgan fingerprint density at radius 3 is 2.77 bits per heavy atom. The molecule has 1 heterocycles. The quantitative estimate of drug-likeness (QED) is 0.631. The molecule has 0 unspecified atom stereocenters. The van der Waals surface area contributed by atoms with Crippen LogP contribution in [0.25, 0.3) is 0 Å². The van der Waals surface area contributed by atoms with Crippen molar-refractivity contribution in [3.8, 4) is 0 Å². The Morgan fingerprint density at radius 1 is 1.36 bits per heavy atom. The molecule has 0 spiro atoms. The third-order valence-electron chi connectivity index (χ3n) is 2.91. The van der Waals surface area contributed by atoms with Gasteiger partial charge in [-0.05, 0) is 19.1 Å². The van der Waals surface area contributed by atoms with Crippen molar-refractivity contribution >= 4 is 29.1 Å². The van der Waals surface area contributed by atoms with Gasteiger partial charge in [-0.15, -0.1) is 5.10 Å². The minimum absolute atomic E-state index is 0.0348. The van der Waals surface area contributed by atoms with E-state index >= 15 is 0 Å². The number of thioether (sulfide) groups is 1. The molecule has 0 fully saturated rings. The van der Waals surface area contributed by atoms with Crippen LogP contribution >= 0.6 is 11.8 Å². The fourth-order valence-electron chi connectivity index (χ4n) is 1.72. The Bertz CT molecular complexity index is 682. The lowest BCUT2D eigenvalue weighted by Crippen LogP contribution is -2.14. The molecule has 0 atom stereocenters. The van der Waals surface area contributed by atoms with Crippen LogP contribution in [0.2, 0.25) is 0 Å². The van der Waals surface area contributed by atoms with Crippen LogP contribution in [0.15, 0.2) is 29.4 Å². The maximum Gasteiger partial charge on any atom is 0.234 e. The molecule has 0 bridgehead atoms. The van der Waals surface area contributed by atoms with Gasteiger partial charge in [0.15, 0.2) is 5.78 Å². The van der Waals surface area contributed by atoms with E-state index in [-0.39, 0.29) is 23.4 Å². The fraction of sp³-hybridized carbons (Fsp3) is 0.333. The fourth-order valence-corrected chi connectivity index (χ4v) is 2.33. The van der Waals surface area contributed by atoms with Crippen molar-refractivity contribution in [1.29, 1.82) is 0 Å². The van der Waals surface area contributed by atoms with Crippen molar-refractivity contribution in [2.75, 3.05) is 11.1 Å². The van der Waals surface area contributed by atoms with Crippen LogP contribution in [-0.4, -0.2) is 32.6 Å². The molecule has 1 aromatic carbocycles. The standard InChI is InChI=1S/C15H18N4O2S/c1-9(2)14-17-15(19-18-14)22-8-13(21)16-12-6-4-5-11(7-12)10(3)20/h4-7,9H,8H2,1-3H3,(H,16,21)(H,17,18,19). The first kappa shape index (κ1) is 16.2. The Balaban J connectivity index is 1.90. The first-order valence-electron chi connectivity index (χ1n) is 6.91. The number of rotatable bonds is 6. The van der Waals surface area contributed by atoms with E-state index < -0.39 is 0 Å². The number of H-pyrrole nitrogens is 1. The zero-order valence-electron chi connectivity index (χ0n) is 12.7. The van der Waals surface area contributed by atoms with E-state index in [4.69, 9.17) is 0 Å². The van der Waals surface area contributed by atoms with E-state index in [2.05, 4.69) is 20.5 Å². The number of amides is 1. The van der Waals surface area contributed by atoms with E-state index in [9.17, 15) is 9.59 Å². The van der Waals surface area contributed by atoms with Crippen molar-refractivity contribution in [3.63, 3.8) is 0 Å². The van der Waals surface area contributed by atoms with Crippen molar-refractivity contribution in [2.45, 2.75) is 31.8 Å². The summed E-state index contributed by atoms with van der Waals surface area (Å²) < 4.78 is 0. The van der Waals surface area contributed by atoms with Crippen LogP contribution in [0.4, 0.5) is 5.69 Å².